The molecular formula is C7H8ClN3O. The molecular weight excluding hydrogens is 178 g/mol. The molecule has 0 aliphatic carbocycles. The Hall–Kier alpha value is -1.29. The summed E-state index contributed by atoms with van der Waals surface area (Å²) in [6.45, 7) is 1.79. The Kier molecular flexibility index (Phi) is 2.88. The molecule has 0 aromatic carbocycles. The van der Waals surface area contributed by atoms with Crippen molar-refractivity contribution in [2.24, 2.45) is 4.99 Å². The number of nitrogens with zero attached hydrogens (tertiary/aromatic N) is 2. The van der Waals surface area contributed by atoms with Crippen LogP contribution in [0.1, 0.15) is 12.5 Å². The van der Waals surface area contributed by atoms with E-state index >= 15 is 0 Å². The van der Waals surface area contributed by atoms with Crippen molar-refractivity contribution in [3.05, 3.63) is 18.0 Å². The molecule has 0 spiro atoms. The third-order valence-electron chi connectivity index (χ3n) is 1.19. The molecule has 0 aliphatic rings. The molecule has 64 valence electrons. The van der Waals surface area contributed by atoms with Crippen molar-refractivity contribution in [1.82, 2.24) is 5.16 Å². The monoisotopic (exact) mass is 185 g/mol. The number of rotatable bonds is 2. The van der Waals surface area contributed by atoms with Gasteiger partial charge in [-0.05, 0) is 6.92 Å². The first kappa shape index (κ1) is 8.80. The highest BCUT2D eigenvalue weighted by molar-refractivity contribution is 6.49. The Bertz CT molecular complexity index is 316. The molecule has 12 heavy (non-hydrogen) atoms. The maximum Gasteiger partial charge on any atom is 0.175 e. The van der Waals surface area contributed by atoms with Crippen molar-refractivity contribution in [3.8, 4) is 0 Å². The van der Waals surface area contributed by atoms with E-state index in [4.69, 9.17) is 17.3 Å². The molecule has 1 aromatic rings. The van der Waals surface area contributed by atoms with E-state index in [0.717, 1.165) is 0 Å². The van der Waals surface area contributed by atoms with Crippen LogP contribution < -0.4 is 5.73 Å². The summed E-state index contributed by atoms with van der Waals surface area (Å²) in [5.74, 6) is 0.266. The van der Waals surface area contributed by atoms with Crippen LogP contribution in [0.4, 0.5) is 5.82 Å². The Labute approximate surface area is 74.7 Å². The maximum absolute atomic E-state index is 5.80. The van der Waals surface area contributed by atoms with Gasteiger partial charge in [-0.2, -0.15) is 0 Å². The molecule has 0 fully saturated rings. The molecule has 1 heterocycles. The van der Waals surface area contributed by atoms with Crippen LogP contribution in [0.2, 0.25) is 0 Å². The summed E-state index contributed by atoms with van der Waals surface area (Å²) >= 11 is 5.80. The molecule has 0 saturated carbocycles. The first-order chi connectivity index (χ1) is 5.75. The molecule has 1 aromatic heterocycles. The predicted octanol–water partition coefficient (Wildman–Crippen LogP) is 1.88. The Morgan fingerprint density at radius 2 is 2.58 bits per heavy atom. The van der Waals surface area contributed by atoms with Crippen LogP contribution in [-0.4, -0.2) is 11.4 Å². The summed E-state index contributed by atoms with van der Waals surface area (Å²) in [5, 5.41) is 3.88. The van der Waals surface area contributed by atoms with E-state index in [9.17, 15) is 0 Å². The summed E-state index contributed by atoms with van der Waals surface area (Å²) in [6.07, 6.45) is 4.47. The molecule has 0 saturated heterocycles. The lowest BCUT2D eigenvalue weighted by Crippen LogP contribution is -1.87. The summed E-state index contributed by atoms with van der Waals surface area (Å²) < 4.78 is 4.59. The van der Waals surface area contributed by atoms with Gasteiger partial charge in [0.25, 0.3) is 0 Å². The van der Waals surface area contributed by atoms with Gasteiger partial charge >= 0.3 is 0 Å². The van der Waals surface area contributed by atoms with Crippen molar-refractivity contribution in [3.63, 3.8) is 0 Å². The molecule has 0 atom stereocenters. The first-order valence-corrected chi connectivity index (χ1v) is 3.67. The SMILES string of the molecule is CC=N/C=C(/Cl)c1conc1N. The minimum Gasteiger partial charge on any atom is -0.380 e. The highest BCUT2D eigenvalue weighted by Gasteiger charge is 2.06. The zero-order valence-electron chi connectivity index (χ0n) is 6.49. The molecule has 2 N–H and O–H groups in total. The highest BCUT2D eigenvalue weighted by atomic mass is 35.5. The van der Waals surface area contributed by atoms with Gasteiger partial charge in [0, 0.05) is 12.4 Å². The lowest BCUT2D eigenvalue weighted by molar-refractivity contribution is 0.423. The second-order valence-electron chi connectivity index (χ2n) is 2.00. The zero-order valence-corrected chi connectivity index (χ0v) is 7.25. The average Bonchev–Trinajstić information content (AvgIpc) is 2.47. The fraction of sp³-hybridized carbons (Fsp3) is 0.143. The number of nitrogens with two attached hydrogens (primary N) is 1. The molecule has 0 amide bonds. The highest BCUT2D eigenvalue weighted by Crippen LogP contribution is 2.23. The lowest BCUT2D eigenvalue weighted by atomic mass is 10.3. The van der Waals surface area contributed by atoms with Gasteiger partial charge in [0.2, 0.25) is 0 Å². The number of aromatic nitrogens is 1. The van der Waals surface area contributed by atoms with Crippen LogP contribution in [0, 0.1) is 0 Å². The fourth-order valence-corrected chi connectivity index (χ4v) is 0.831. The van der Waals surface area contributed by atoms with Crippen molar-refractivity contribution in [2.75, 3.05) is 5.73 Å². The number of anilines is 1. The number of hydrogen-bond acceptors (Lipinski definition) is 4. The topological polar surface area (TPSA) is 64.4 Å². The minimum atomic E-state index is 0.266. The summed E-state index contributed by atoms with van der Waals surface area (Å²) in [5.41, 5.74) is 5.99. The summed E-state index contributed by atoms with van der Waals surface area (Å²) in [7, 11) is 0. The third kappa shape index (κ3) is 1.85. The number of nitrogen functional groups attached to an aromatic ring is 1. The van der Waals surface area contributed by atoms with Crippen molar-refractivity contribution < 1.29 is 4.52 Å². The maximum atomic E-state index is 5.80. The van der Waals surface area contributed by atoms with Crippen LogP contribution in [0.25, 0.3) is 5.03 Å². The van der Waals surface area contributed by atoms with Crippen LogP contribution in [0.3, 0.4) is 0 Å². The van der Waals surface area contributed by atoms with Gasteiger partial charge in [-0.3, -0.25) is 4.99 Å². The molecule has 0 unspecified atom stereocenters. The number of aliphatic imine (C=N–C) groups is 1. The zero-order chi connectivity index (χ0) is 8.97. The molecule has 5 heteroatoms. The summed E-state index contributed by atoms with van der Waals surface area (Å²) in [4.78, 5) is 3.82. The van der Waals surface area contributed by atoms with Crippen molar-refractivity contribution >= 4 is 28.7 Å². The Morgan fingerprint density at radius 3 is 3.08 bits per heavy atom. The molecule has 4 nitrogen and oxygen atoms in total. The Morgan fingerprint density at radius 1 is 1.83 bits per heavy atom. The van der Waals surface area contributed by atoms with Gasteiger partial charge < -0.3 is 10.3 Å². The second kappa shape index (κ2) is 3.92. The quantitative estimate of drug-likeness (QED) is 0.716. The van der Waals surface area contributed by atoms with Crippen LogP contribution >= 0.6 is 11.6 Å². The van der Waals surface area contributed by atoms with Gasteiger partial charge in [0.15, 0.2) is 5.82 Å². The van der Waals surface area contributed by atoms with E-state index in [1.54, 1.807) is 13.1 Å². The van der Waals surface area contributed by atoms with E-state index in [0.29, 0.717) is 10.6 Å². The predicted molar refractivity (Wildman–Crippen MR) is 48.9 cm³/mol. The molecule has 1 rings (SSSR count). The molecule has 0 aliphatic heterocycles. The van der Waals surface area contributed by atoms with Crippen molar-refractivity contribution in [2.45, 2.75) is 6.92 Å². The molecule has 0 radical (unpaired) electrons. The second-order valence-corrected chi connectivity index (χ2v) is 2.40. The van der Waals surface area contributed by atoms with Crippen LogP contribution in [-0.2, 0) is 0 Å². The van der Waals surface area contributed by atoms with E-state index in [2.05, 4.69) is 14.7 Å². The standard InChI is InChI=1S/C7H8ClN3O/c1-2-10-3-6(8)5-4-12-11-7(5)9/h2-4H,1H3,(H2,9,11)/b6-3+,10-2?. The largest absolute Gasteiger partial charge is 0.380 e. The van der Waals surface area contributed by atoms with E-state index in [1.807, 2.05) is 0 Å². The minimum absolute atomic E-state index is 0.266. The van der Waals surface area contributed by atoms with E-state index in [-0.39, 0.29) is 5.82 Å². The fourth-order valence-electron chi connectivity index (χ4n) is 0.634. The van der Waals surface area contributed by atoms with Crippen LogP contribution in [0.15, 0.2) is 22.0 Å². The summed E-state index contributed by atoms with van der Waals surface area (Å²) in [6, 6.07) is 0. The number of hydrogen-bond donors (Lipinski definition) is 1. The Balaban J connectivity index is 2.91. The molecule has 0 bridgehead atoms. The van der Waals surface area contributed by atoms with Crippen molar-refractivity contribution in [1.29, 1.82) is 0 Å². The van der Waals surface area contributed by atoms with Gasteiger partial charge in [0.1, 0.15) is 6.26 Å². The number of halogens is 1. The normalized spacial score (nSPS) is 12.7. The van der Waals surface area contributed by atoms with Gasteiger partial charge in [-0.15, -0.1) is 0 Å². The van der Waals surface area contributed by atoms with E-state index < -0.39 is 0 Å². The lowest BCUT2D eigenvalue weighted by Gasteiger charge is -1.90. The first-order valence-electron chi connectivity index (χ1n) is 3.29. The smallest absolute Gasteiger partial charge is 0.175 e. The van der Waals surface area contributed by atoms with Gasteiger partial charge in [0.05, 0.1) is 10.6 Å². The van der Waals surface area contributed by atoms with Crippen LogP contribution in [0.5, 0.6) is 0 Å². The van der Waals surface area contributed by atoms with Gasteiger partial charge in [-0.25, -0.2) is 0 Å². The third-order valence-corrected chi connectivity index (χ3v) is 1.49. The average molecular weight is 186 g/mol. The van der Waals surface area contributed by atoms with E-state index in [1.165, 1.54) is 12.5 Å². The van der Waals surface area contributed by atoms with Gasteiger partial charge in [-0.1, -0.05) is 16.8 Å².